The molecule has 1 aliphatic heterocycles. The van der Waals surface area contributed by atoms with E-state index in [4.69, 9.17) is 9.15 Å². The van der Waals surface area contributed by atoms with Gasteiger partial charge in [0.05, 0.1) is 5.52 Å². The zero-order chi connectivity index (χ0) is 11.7. The lowest BCUT2D eigenvalue weighted by Crippen LogP contribution is -2.37. The summed E-state index contributed by atoms with van der Waals surface area (Å²) in [5.74, 6) is 0.311. The molecule has 2 aromatic rings. The Hall–Kier alpha value is -1.75. The van der Waals surface area contributed by atoms with Crippen molar-refractivity contribution in [3.05, 3.63) is 28.7 Å². The summed E-state index contributed by atoms with van der Waals surface area (Å²) in [4.78, 5) is 13.6. The van der Waals surface area contributed by atoms with Crippen molar-refractivity contribution in [3.8, 4) is 5.75 Å². The van der Waals surface area contributed by atoms with Crippen molar-refractivity contribution in [3.63, 3.8) is 0 Å². The maximum absolute atomic E-state index is 11.0. The van der Waals surface area contributed by atoms with Crippen LogP contribution in [0, 0.1) is 0 Å². The molecule has 5 heteroatoms. The zero-order valence-electron chi connectivity index (χ0n) is 9.36. The Kier molecular flexibility index (Phi) is 2.60. The lowest BCUT2D eigenvalue weighted by Gasteiger charge is -2.23. The highest BCUT2D eigenvalue weighted by atomic mass is 16.5. The van der Waals surface area contributed by atoms with E-state index in [0.29, 0.717) is 11.1 Å². The Morgan fingerprint density at radius 1 is 1.41 bits per heavy atom. The van der Waals surface area contributed by atoms with E-state index in [1.54, 1.807) is 12.1 Å². The Labute approximate surface area is 97.8 Å². The summed E-state index contributed by atoms with van der Waals surface area (Å²) in [5.41, 5.74) is 1.24. The number of hydrogen-bond acceptors (Lipinski definition) is 4. The van der Waals surface area contributed by atoms with E-state index >= 15 is 0 Å². The van der Waals surface area contributed by atoms with Crippen molar-refractivity contribution in [2.24, 2.45) is 0 Å². The molecule has 1 saturated heterocycles. The maximum Gasteiger partial charge on any atom is 0.417 e. The van der Waals surface area contributed by atoms with Gasteiger partial charge in [0.2, 0.25) is 0 Å². The van der Waals surface area contributed by atoms with Crippen molar-refractivity contribution in [1.82, 2.24) is 10.3 Å². The molecular formula is C12H14N2O3. The van der Waals surface area contributed by atoms with Gasteiger partial charge in [0.15, 0.2) is 5.58 Å². The molecule has 1 unspecified atom stereocenters. The van der Waals surface area contributed by atoms with E-state index in [-0.39, 0.29) is 6.10 Å². The number of oxazole rings is 1. The number of ether oxygens (including phenoxy) is 1. The smallest absolute Gasteiger partial charge is 0.417 e. The van der Waals surface area contributed by atoms with Gasteiger partial charge >= 0.3 is 5.76 Å². The molecule has 1 atom stereocenters. The third-order valence-electron chi connectivity index (χ3n) is 2.95. The average molecular weight is 234 g/mol. The Bertz CT molecular complexity index is 566. The fourth-order valence-electron chi connectivity index (χ4n) is 2.11. The Morgan fingerprint density at radius 3 is 3.18 bits per heavy atom. The van der Waals surface area contributed by atoms with E-state index in [2.05, 4.69) is 10.3 Å². The third-order valence-corrected chi connectivity index (χ3v) is 2.95. The van der Waals surface area contributed by atoms with Crippen LogP contribution in [0.3, 0.4) is 0 Å². The predicted molar refractivity (Wildman–Crippen MR) is 63.4 cm³/mol. The molecule has 3 rings (SSSR count). The summed E-state index contributed by atoms with van der Waals surface area (Å²) in [6, 6.07) is 5.40. The van der Waals surface area contributed by atoms with Gasteiger partial charge in [0.25, 0.3) is 0 Å². The fourth-order valence-corrected chi connectivity index (χ4v) is 2.11. The van der Waals surface area contributed by atoms with Gasteiger partial charge in [0, 0.05) is 12.6 Å². The first-order valence-corrected chi connectivity index (χ1v) is 5.81. The van der Waals surface area contributed by atoms with E-state index in [1.165, 1.54) is 0 Å². The lowest BCUT2D eigenvalue weighted by molar-refractivity contribution is 0.167. The summed E-state index contributed by atoms with van der Waals surface area (Å²) >= 11 is 0. The summed E-state index contributed by atoms with van der Waals surface area (Å²) in [7, 11) is 0. The summed E-state index contributed by atoms with van der Waals surface area (Å²) in [6.45, 7) is 1.93. The van der Waals surface area contributed by atoms with Crippen molar-refractivity contribution in [2.45, 2.75) is 18.9 Å². The number of benzene rings is 1. The quantitative estimate of drug-likeness (QED) is 0.820. The molecule has 0 amide bonds. The van der Waals surface area contributed by atoms with Crippen LogP contribution in [0.4, 0.5) is 0 Å². The number of rotatable bonds is 2. The van der Waals surface area contributed by atoms with Gasteiger partial charge in [-0.15, -0.1) is 0 Å². The van der Waals surface area contributed by atoms with E-state index in [1.807, 2.05) is 6.07 Å². The summed E-state index contributed by atoms with van der Waals surface area (Å²) in [6.07, 6.45) is 2.39. The fraction of sp³-hybridized carbons (Fsp3) is 0.417. The van der Waals surface area contributed by atoms with Crippen LogP contribution >= 0.6 is 0 Å². The molecule has 0 spiro atoms. The van der Waals surface area contributed by atoms with Crippen LogP contribution in [0.25, 0.3) is 11.1 Å². The first kappa shape index (κ1) is 10.4. The zero-order valence-corrected chi connectivity index (χ0v) is 9.36. The van der Waals surface area contributed by atoms with Crippen LogP contribution in [0.5, 0.6) is 5.75 Å². The lowest BCUT2D eigenvalue weighted by atomic mass is 10.1. The molecule has 5 nitrogen and oxygen atoms in total. The number of aromatic amines is 1. The second-order valence-electron chi connectivity index (χ2n) is 4.26. The monoisotopic (exact) mass is 234 g/mol. The largest absolute Gasteiger partial charge is 0.489 e. The molecule has 0 bridgehead atoms. The minimum absolute atomic E-state index is 0.201. The average Bonchev–Trinajstić information content (AvgIpc) is 2.70. The van der Waals surface area contributed by atoms with Crippen LogP contribution in [0.2, 0.25) is 0 Å². The van der Waals surface area contributed by atoms with Gasteiger partial charge in [-0.3, -0.25) is 4.98 Å². The predicted octanol–water partition coefficient (Wildman–Crippen LogP) is 1.25. The van der Waals surface area contributed by atoms with Crippen LogP contribution < -0.4 is 15.8 Å². The molecule has 1 aliphatic rings. The topological polar surface area (TPSA) is 67.3 Å². The molecule has 0 saturated carbocycles. The highest BCUT2D eigenvalue weighted by Gasteiger charge is 2.14. The molecule has 90 valence electrons. The van der Waals surface area contributed by atoms with Crippen molar-refractivity contribution in [2.75, 3.05) is 13.1 Å². The second-order valence-corrected chi connectivity index (χ2v) is 4.26. The van der Waals surface area contributed by atoms with Crippen LogP contribution in [-0.2, 0) is 0 Å². The molecule has 1 aromatic carbocycles. The van der Waals surface area contributed by atoms with Crippen LogP contribution in [0.1, 0.15) is 12.8 Å². The molecule has 17 heavy (non-hydrogen) atoms. The molecule has 0 aliphatic carbocycles. The Balaban J connectivity index is 1.82. The summed E-state index contributed by atoms with van der Waals surface area (Å²) in [5, 5.41) is 3.29. The first-order valence-electron chi connectivity index (χ1n) is 5.81. The molecule has 0 radical (unpaired) electrons. The number of fused-ring (bicyclic) bond motifs is 1. The van der Waals surface area contributed by atoms with Gasteiger partial charge in [-0.05, 0) is 31.5 Å². The molecular weight excluding hydrogens is 220 g/mol. The Morgan fingerprint density at radius 2 is 2.35 bits per heavy atom. The first-order chi connectivity index (χ1) is 8.31. The van der Waals surface area contributed by atoms with Crippen molar-refractivity contribution < 1.29 is 9.15 Å². The van der Waals surface area contributed by atoms with E-state index < -0.39 is 5.76 Å². The molecule has 2 heterocycles. The van der Waals surface area contributed by atoms with Gasteiger partial charge in [-0.25, -0.2) is 4.79 Å². The second kappa shape index (κ2) is 4.25. The van der Waals surface area contributed by atoms with Crippen LogP contribution in [0.15, 0.2) is 27.4 Å². The van der Waals surface area contributed by atoms with Crippen LogP contribution in [-0.4, -0.2) is 24.2 Å². The van der Waals surface area contributed by atoms with E-state index in [0.717, 1.165) is 31.7 Å². The third kappa shape index (κ3) is 2.19. The summed E-state index contributed by atoms with van der Waals surface area (Å²) < 4.78 is 10.8. The molecule has 2 N–H and O–H groups in total. The maximum atomic E-state index is 11.0. The normalized spacial score (nSPS) is 20.6. The van der Waals surface area contributed by atoms with E-state index in [9.17, 15) is 4.79 Å². The van der Waals surface area contributed by atoms with Gasteiger partial charge in [-0.1, -0.05) is 0 Å². The number of nitrogens with one attached hydrogen (secondary N) is 2. The number of hydrogen-bond donors (Lipinski definition) is 2. The number of piperidine rings is 1. The van der Waals surface area contributed by atoms with Gasteiger partial charge in [-0.2, -0.15) is 0 Å². The highest BCUT2D eigenvalue weighted by molar-refractivity contribution is 5.73. The van der Waals surface area contributed by atoms with Gasteiger partial charge < -0.3 is 14.5 Å². The molecule has 1 aromatic heterocycles. The highest BCUT2D eigenvalue weighted by Crippen LogP contribution is 2.20. The molecule has 1 fully saturated rings. The van der Waals surface area contributed by atoms with Gasteiger partial charge in [0.1, 0.15) is 11.9 Å². The minimum atomic E-state index is -0.434. The minimum Gasteiger partial charge on any atom is -0.489 e. The number of aromatic nitrogens is 1. The van der Waals surface area contributed by atoms with Crippen molar-refractivity contribution >= 4 is 11.1 Å². The standard InChI is InChI=1S/C12H14N2O3/c15-12-14-10-4-3-8(6-11(10)17-12)16-9-2-1-5-13-7-9/h3-4,6,9,13H,1-2,5,7H2,(H,14,15). The SMILES string of the molecule is O=c1[nH]c2ccc(OC3CCCNC3)cc2o1. The van der Waals surface area contributed by atoms with Crippen molar-refractivity contribution in [1.29, 1.82) is 0 Å². The number of H-pyrrole nitrogens is 1.